The molecule has 0 aliphatic carbocycles. The molecule has 2 aromatic heterocycles. The number of nitriles is 4. The molecule has 0 aliphatic rings. The van der Waals surface area contributed by atoms with Gasteiger partial charge in [0.05, 0.1) is 102 Å². The lowest BCUT2D eigenvalue weighted by molar-refractivity contribution is -0.137. The number of halogens is 3. The van der Waals surface area contributed by atoms with E-state index in [0.29, 0.717) is 88.1 Å². The minimum absolute atomic E-state index is 0.0251. The number of benzene rings is 10. The smallest absolute Gasteiger partial charge is 0.308 e. The largest absolute Gasteiger partial charge is 0.415 e. The van der Waals surface area contributed by atoms with Crippen LogP contribution in [-0.2, 0) is 6.18 Å². The molecule has 12 nitrogen and oxygen atoms in total. The average molecular weight is 1110 g/mol. The Hall–Kier alpha value is -13.5. The second-order valence-electron chi connectivity index (χ2n) is 19.7. The Morgan fingerprint density at radius 1 is 0.337 bits per heavy atom. The topological polar surface area (TPSA) is 131 Å². The van der Waals surface area contributed by atoms with Crippen LogP contribution < -0.4 is 0 Å². The van der Waals surface area contributed by atoms with E-state index >= 15 is 0 Å². The summed E-state index contributed by atoms with van der Waals surface area (Å²) in [5.41, 5.74) is 7.31. The van der Waals surface area contributed by atoms with Gasteiger partial charge in [0.1, 0.15) is 11.6 Å². The average Bonchev–Trinajstić information content (AvgIpc) is 2.40. The molecule has 12 rings (SSSR count). The van der Waals surface area contributed by atoms with Crippen molar-refractivity contribution >= 4 is 77.7 Å². The van der Waals surface area contributed by atoms with Crippen LogP contribution in [-0.4, -0.2) is 9.13 Å². The Labute approximate surface area is 488 Å². The summed E-state index contributed by atoms with van der Waals surface area (Å²) in [7, 11) is 0. The Bertz CT molecular complexity index is 4930. The van der Waals surface area contributed by atoms with Crippen molar-refractivity contribution < 1.29 is 13.2 Å². The number of alkyl halides is 3. The van der Waals surface area contributed by atoms with Gasteiger partial charge in [-0.3, -0.25) is 0 Å². The van der Waals surface area contributed by atoms with Crippen LogP contribution in [0.15, 0.2) is 176 Å². The van der Waals surface area contributed by atoms with Crippen LogP contribution >= 0.6 is 0 Å². The molecule has 0 spiro atoms. The zero-order valence-corrected chi connectivity index (χ0v) is 44.2. The van der Waals surface area contributed by atoms with Crippen molar-refractivity contribution in [2.24, 2.45) is 0 Å². The second kappa shape index (κ2) is 20.9. The first-order valence-electron chi connectivity index (χ1n) is 25.8. The Kier molecular flexibility index (Phi) is 12.9. The molecule has 0 amide bonds. The maximum atomic E-state index is 14.5. The van der Waals surface area contributed by atoms with Crippen molar-refractivity contribution in [2.75, 3.05) is 0 Å². The van der Waals surface area contributed by atoms with Crippen LogP contribution in [0.4, 0.5) is 47.3 Å². The molecule has 0 unspecified atom stereocenters. The van der Waals surface area contributed by atoms with Gasteiger partial charge in [-0.15, -0.1) is 0 Å². The van der Waals surface area contributed by atoms with E-state index in [9.17, 15) is 34.2 Å². The zero-order chi connectivity index (χ0) is 60.1. The normalized spacial score (nSPS) is 10.8. The van der Waals surface area contributed by atoms with E-state index in [1.54, 1.807) is 60.7 Å². The number of fused-ring (bicyclic) bond motifs is 6. The van der Waals surface area contributed by atoms with Gasteiger partial charge < -0.3 is 9.13 Å². The summed E-state index contributed by atoms with van der Waals surface area (Å²) >= 11 is 0. The van der Waals surface area contributed by atoms with Crippen molar-refractivity contribution in [2.45, 2.75) is 6.18 Å². The number of hydrogen-bond donors (Lipinski definition) is 0. The molecule has 0 radical (unpaired) electrons. The number of hydrogen-bond acceptors (Lipinski definition) is 4. The maximum absolute atomic E-state index is 14.5. The molecule has 15 heteroatoms. The lowest BCUT2D eigenvalue weighted by Crippen LogP contribution is -2.06. The van der Waals surface area contributed by atoms with Crippen LogP contribution in [0.5, 0.6) is 0 Å². The molecule has 10 aromatic carbocycles. The van der Waals surface area contributed by atoms with Crippen molar-refractivity contribution in [3.63, 3.8) is 0 Å². The fourth-order valence-electron chi connectivity index (χ4n) is 11.3. The van der Waals surface area contributed by atoms with Gasteiger partial charge in [0, 0.05) is 32.7 Å². The van der Waals surface area contributed by atoms with Crippen molar-refractivity contribution in [3.8, 4) is 91.3 Å². The molecular weight excluding hydrogens is 1080 g/mol. The van der Waals surface area contributed by atoms with E-state index in [1.165, 1.54) is 30.3 Å². The standard InChI is InChI=1S/C71H29F3N12/c1-79-49-14-23-53(63(34-49)83-5)44-11-20-57-56-18-9-42(51-16-7-40(36-75)25-47(51)38-77)27-65(56)85(67(57)29-44)69-31-46(55-22-13-48(71(72,73)74)33-62(55)82-4)32-70(60(69)39-78)86-66-28-43(52-17-8-41(37-76)26-61(52)81-3)10-19-58(66)59-21-12-45(30-68(59)86)54-24-15-50(80-2)35-64(54)84-6/h7-35H. The third kappa shape index (κ3) is 8.73. The highest BCUT2D eigenvalue weighted by molar-refractivity contribution is 6.14. The highest BCUT2D eigenvalue weighted by Crippen LogP contribution is 2.47. The van der Waals surface area contributed by atoms with Crippen molar-refractivity contribution in [1.29, 1.82) is 21.0 Å². The molecule has 0 aliphatic heterocycles. The second-order valence-corrected chi connectivity index (χ2v) is 19.7. The molecule has 2 heterocycles. The van der Waals surface area contributed by atoms with E-state index in [1.807, 2.05) is 81.9 Å². The van der Waals surface area contributed by atoms with E-state index < -0.39 is 11.7 Å². The quantitative estimate of drug-likeness (QED) is 0.147. The third-order valence-corrected chi connectivity index (χ3v) is 15.2. The van der Waals surface area contributed by atoms with Crippen LogP contribution in [0.3, 0.4) is 0 Å². The number of nitrogens with zero attached hydrogens (tertiary/aromatic N) is 12. The molecule has 0 fully saturated rings. The molecule has 0 N–H and O–H groups in total. The summed E-state index contributed by atoms with van der Waals surface area (Å²) in [6.45, 7) is 48.1. The summed E-state index contributed by atoms with van der Waals surface area (Å²) in [4.78, 5) is 22.0. The van der Waals surface area contributed by atoms with Crippen molar-refractivity contribution in [1.82, 2.24) is 9.13 Å². The molecule has 0 atom stereocenters. The summed E-state index contributed by atoms with van der Waals surface area (Å²) in [6.07, 6.45) is -4.81. The monoisotopic (exact) mass is 1110 g/mol. The van der Waals surface area contributed by atoms with Gasteiger partial charge >= 0.3 is 6.18 Å². The maximum Gasteiger partial charge on any atom is 0.415 e. The van der Waals surface area contributed by atoms with Gasteiger partial charge in [-0.25, -0.2) is 29.1 Å². The van der Waals surface area contributed by atoms with Crippen molar-refractivity contribution in [3.05, 3.63) is 272 Å². The van der Waals surface area contributed by atoms with E-state index in [-0.39, 0.29) is 78.9 Å². The first kappa shape index (κ1) is 53.1. The van der Waals surface area contributed by atoms with Gasteiger partial charge in [-0.1, -0.05) is 109 Å². The summed E-state index contributed by atoms with van der Waals surface area (Å²) in [5.74, 6) is 0. The molecular formula is C71H29F3N12. The Morgan fingerprint density at radius 3 is 1.10 bits per heavy atom. The lowest BCUT2D eigenvalue weighted by atomic mass is 9.96. The molecule has 394 valence electrons. The van der Waals surface area contributed by atoms with Gasteiger partial charge in [0.2, 0.25) is 0 Å². The first-order valence-corrected chi connectivity index (χ1v) is 25.8. The summed E-state index contributed by atoms with van der Waals surface area (Å²) in [6, 6.07) is 56.3. The first-order chi connectivity index (χ1) is 41.8. The van der Waals surface area contributed by atoms with E-state index in [2.05, 4.69) is 53.3 Å². The minimum atomic E-state index is -4.81. The van der Waals surface area contributed by atoms with Crippen LogP contribution in [0.25, 0.3) is 140 Å². The SMILES string of the molecule is [C-]#[N+]c1ccc(-c2ccc3c4ccc(-c5ccc(C#N)cc5C#N)cc4n(-c4cc(-c5ccc(C(F)(F)F)cc5[N+]#[C-])cc(-n5c6cc(-c7ccc(C#N)cc7[N+]#[C-])ccc6c6ccc(-c7ccc([N+]#[C-])cc7[N+]#[C-])cc65)c4C#N)c3c2)c([N+]#[C-])c1. The predicted octanol–water partition coefficient (Wildman–Crippen LogP) is 20.0. The van der Waals surface area contributed by atoms with Crippen LogP contribution in [0.2, 0.25) is 0 Å². The lowest BCUT2D eigenvalue weighted by Gasteiger charge is -2.20. The van der Waals surface area contributed by atoms with Crippen LogP contribution in [0.1, 0.15) is 27.8 Å². The molecule has 0 saturated carbocycles. The van der Waals surface area contributed by atoms with E-state index in [4.69, 9.17) is 39.4 Å². The summed E-state index contributed by atoms with van der Waals surface area (Å²) in [5, 5.41) is 44.8. The number of rotatable bonds is 7. The molecule has 86 heavy (non-hydrogen) atoms. The number of aromatic nitrogens is 2. The minimum Gasteiger partial charge on any atom is -0.308 e. The van der Waals surface area contributed by atoms with Gasteiger partial charge in [0.25, 0.3) is 0 Å². The third-order valence-electron chi connectivity index (χ3n) is 15.2. The fourth-order valence-corrected chi connectivity index (χ4v) is 11.3. The Morgan fingerprint density at radius 2 is 0.709 bits per heavy atom. The summed E-state index contributed by atoms with van der Waals surface area (Å²) < 4.78 is 47.2. The molecule has 0 bridgehead atoms. The van der Waals surface area contributed by atoms with Gasteiger partial charge in [-0.05, 0) is 122 Å². The van der Waals surface area contributed by atoms with Gasteiger partial charge in [0.15, 0.2) is 34.1 Å². The molecule has 12 aromatic rings. The fraction of sp³-hybridized carbons (Fsp3) is 0.0141. The highest BCUT2D eigenvalue weighted by Gasteiger charge is 2.32. The van der Waals surface area contributed by atoms with E-state index in [0.717, 1.165) is 12.1 Å². The highest BCUT2D eigenvalue weighted by atomic mass is 19.4. The molecule has 0 saturated heterocycles. The van der Waals surface area contributed by atoms with Gasteiger partial charge in [-0.2, -0.15) is 34.2 Å². The zero-order valence-electron chi connectivity index (χ0n) is 44.2. The Balaban J connectivity index is 1.27. The van der Waals surface area contributed by atoms with Crippen LogP contribution in [0, 0.1) is 84.8 Å². The predicted molar refractivity (Wildman–Crippen MR) is 324 cm³/mol.